The molecule has 6 heteroatoms. The quantitative estimate of drug-likeness (QED) is 0.841. The van der Waals surface area contributed by atoms with Gasteiger partial charge >= 0.3 is 0 Å². The highest BCUT2D eigenvalue weighted by molar-refractivity contribution is 7.10. The van der Waals surface area contributed by atoms with E-state index in [1.54, 1.807) is 32.7 Å². The van der Waals surface area contributed by atoms with Crippen molar-refractivity contribution in [3.63, 3.8) is 0 Å². The van der Waals surface area contributed by atoms with Crippen LogP contribution in [0.4, 0.5) is 0 Å². The molecule has 0 aliphatic carbocycles. The number of rotatable bonds is 7. The Bertz CT molecular complexity index is 575. The van der Waals surface area contributed by atoms with Gasteiger partial charge in [0.25, 0.3) is 0 Å². The van der Waals surface area contributed by atoms with Crippen LogP contribution in [0.3, 0.4) is 0 Å². The fraction of sp³-hybridized carbons (Fsp3) is 0.333. The van der Waals surface area contributed by atoms with E-state index in [1.807, 2.05) is 23.6 Å². The molecule has 114 valence electrons. The highest BCUT2D eigenvalue weighted by Gasteiger charge is 2.12. The Morgan fingerprint density at radius 1 is 1.00 bits per heavy atom. The lowest BCUT2D eigenvalue weighted by Crippen LogP contribution is -2.12. The predicted molar refractivity (Wildman–Crippen MR) is 86.0 cm³/mol. The number of methoxy groups -OCH3 is 3. The van der Waals surface area contributed by atoms with E-state index in [1.165, 1.54) is 4.88 Å². The van der Waals surface area contributed by atoms with E-state index < -0.39 is 0 Å². The van der Waals surface area contributed by atoms with Crippen LogP contribution in [-0.4, -0.2) is 21.3 Å². The van der Waals surface area contributed by atoms with Crippen molar-refractivity contribution in [2.75, 3.05) is 21.3 Å². The van der Waals surface area contributed by atoms with Gasteiger partial charge in [-0.2, -0.15) is 0 Å². The molecule has 1 aromatic heterocycles. The predicted octanol–water partition coefficient (Wildman–Crippen LogP) is 3.72. The minimum Gasteiger partial charge on any atom is -0.493 e. The van der Waals surface area contributed by atoms with Gasteiger partial charge in [-0.3, -0.25) is 0 Å². The molecule has 2 rings (SSSR count). The van der Waals surface area contributed by atoms with Crippen LogP contribution < -0.4 is 19.5 Å². The van der Waals surface area contributed by atoms with Gasteiger partial charge in [-0.25, -0.2) is 0 Å². The third-order valence-electron chi connectivity index (χ3n) is 2.97. The molecule has 0 radical (unpaired) electrons. The third kappa shape index (κ3) is 4.03. The first-order chi connectivity index (χ1) is 10.2. The average Bonchev–Trinajstić information content (AvgIpc) is 2.91. The molecule has 1 N–H and O–H groups in total. The third-order valence-corrected chi connectivity index (χ3v) is 4.26. The van der Waals surface area contributed by atoms with Crippen molar-refractivity contribution in [3.8, 4) is 17.2 Å². The molecule has 21 heavy (non-hydrogen) atoms. The van der Waals surface area contributed by atoms with E-state index in [4.69, 9.17) is 25.8 Å². The zero-order valence-corrected chi connectivity index (χ0v) is 13.8. The molecule has 1 aromatic carbocycles. The largest absolute Gasteiger partial charge is 0.493 e. The Morgan fingerprint density at radius 2 is 1.67 bits per heavy atom. The van der Waals surface area contributed by atoms with Crippen molar-refractivity contribution < 1.29 is 14.2 Å². The molecule has 2 aromatic rings. The Kier molecular flexibility index (Phi) is 5.73. The van der Waals surface area contributed by atoms with Gasteiger partial charge in [0.15, 0.2) is 11.5 Å². The van der Waals surface area contributed by atoms with Gasteiger partial charge in [-0.1, -0.05) is 11.6 Å². The lowest BCUT2D eigenvalue weighted by Gasteiger charge is -2.14. The fourth-order valence-corrected chi connectivity index (χ4v) is 3.06. The van der Waals surface area contributed by atoms with E-state index >= 15 is 0 Å². The molecule has 0 aliphatic rings. The second kappa shape index (κ2) is 7.54. The number of halogens is 1. The molecule has 1 heterocycles. The standard InChI is InChI=1S/C15H18ClNO3S/c1-18-13-4-10(5-14(19-2)15(13)20-3)7-17-8-12-6-11(16)9-21-12/h4-6,9,17H,7-8H2,1-3H3. The molecular formula is C15H18ClNO3S. The average molecular weight is 328 g/mol. The fourth-order valence-electron chi connectivity index (χ4n) is 2.01. The summed E-state index contributed by atoms with van der Waals surface area (Å²) in [6.45, 7) is 1.47. The number of hydrogen-bond acceptors (Lipinski definition) is 5. The molecule has 0 atom stereocenters. The first-order valence-electron chi connectivity index (χ1n) is 6.40. The van der Waals surface area contributed by atoms with Crippen molar-refractivity contribution in [3.05, 3.63) is 39.0 Å². The van der Waals surface area contributed by atoms with Crippen LogP contribution in [0, 0.1) is 0 Å². The monoisotopic (exact) mass is 327 g/mol. The van der Waals surface area contributed by atoms with Gasteiger partial charge in [0.05, 0.1) is 26.4 Å². The van der Waals surface area contributed by atoms with Crippen LogP contribution in [0.2, 0.25) is 5.02 Å². The molecule has 4 nitrogen and oxygen atoms in total. The first kappa shape index (κ1) is 15.9. The van der Waals surface area contributed by atoms with E-state index in [2.05, 4.69) is 5.32 Å². The number of thiophene rings is 1. The van der Waals surface area contributed by atoms with Crippen LogP contribution in [0.25, 0.3) is 0 Å². The summed E-state index contributed by atoms with van der Waals surface area (Å²) in [6, 6.07) is 5.85. The molecule has 0 aliphatic heterocycles. The van der Waals surface area contributed by atoms with Gasteiger partial charge in [0.1, 0.15) is 0 Å². The second-order valence-electron chi connectivity index (χ2n) is 4.37. The van der Waals surface area contributed by atoms with Crippen molar-refractivity contribution in [2.24, 2.45) is 0 Å². The van der Waals surface area contributed by atoms with Crippen LogP contribution in [-0.2, 0) is 13.1 Å². The molecular weight excluding hydrogens is 310 g/mol. The lowest BCUT2D eigenvalue weighted by molar-refractivity contribution is 0.323. The summed E-state index contributed by atoms with van der Waals surface area (Å²) in [5, 5.41) is 6.08. The van der Waals surface area contributed by atoms with E-state index in [-0.39, 0.29) is 0 Å². The van der Waals surface area contributed by atoms with Crippen LogP contribution >= 0.6 is 22.9 Å². The smallest absolute Gasteiger partial charge is 0.203 e. The summed E-state index contributed by atoms with van der Waals surface area (Å²) < 4.78 is 16.0. The van der Waals surface area contributed by atoms with Crippen molar-refractivity contribution in [2.45, 2.75) is 13.1 Å². The number of ether oxygens (including phenoxy) is 3. The topological polar surface area (TPSA) is 39.7 Å². The number of nitrogens with one attached hydrogen (secondary N) is 1. The normalized spacial score (nSPS) is 10.5. The number of hydrogen-bond donors (Lipinski definition) is 1. The summed E-state index contributed by atoms with van der Waals surface area (Å²) in [5.41, 5.74) is 1.06. The Morgan fingerprint density at radius 3 is 2.14 bits per heavy atom. The lowest BCUT2D eigenvalue weighted by atomic mass is 10.1. The number of benzene rings is 1. The highest BCUT2D eigenvalue weighted by Crippen LogP contribution is 2.38. The van der Waals surface area contributed by atoms with Gasteiger partial charge in [-0.15, -0.1) is 11.3 Å². The molecule has 0 spiro atoms. The van der Waals surface area contributed by atoms with Crippen molar-refractivity contribution in [1.29, 1.82) is 0 Å². The zero-order chi connectivity index (χ0) is 15.2. The first-order valence-corrected chi connectivity index (χ1v) is 7.66. The highest BCUT2D eigenvalue weighted by atomic mass is 35.5. The van der Waals surface area contributed by atoms with Gasteiger partial charge in [-0.05, 0) is 23.8 Å². The van der Waals surface area contributed by atoms with Gasteiger partial charge < -0.3 is 19.5 Å². The van der Waals surface area contributed by atoms with Crippen LogP contribution in [0.15, 0.2) is 23.6 Å². The summed E-state index contributed by atoms with van der Waals surface area (Å²) in [6.07, 6.45) is 0. The maximum atomic E-state index is 5.90. The van der Waals surface area contributed by atoms with Crippen LogP contribution in [0.5, 0.6) is 17.2 Å². The Labute approximate surface area is 133 Å². The Balaban J connectivity index is 2.05. The van der Waals surface area contributed by atoms with E-state index in [0.717, 1.165) is 17.1 Å². The van der Waals surface area contributed by atoms with Gasteiger partial charge in [0, 0.05) is 23.3 Å². The van der Waals surface area contributed by atoms with Crippen molar-refractivity contribution >= 4 is 22.9 Å². The summed E-state index contributed by atoms with van der Waals surface area (Å²) in [7, 11) is 4.82. The summed E-state index contributed by atoms with van der Waals surface area (Å²) in [5.74, 6) is 1.93. The minimum absolute atomic E-state index is 0.605. The van der Waals surface area contributed by atoms with E-state index in [9.17, 15) is 0 Å². The van der Waals surface area contributed by atoms with E-state index in [0.29, 0.717) is 23.8 Å². The molecule has 0 unspecified atom stereocenters. The molecule has 0 amide bonds. The molecule has 0 bridgehead atoms. The second-order valence-corrected chi connectivity index (χ2v) is 5.80. The zero-order valence-electron chi connectivity index (χ0n) is 12.2. The Hall–Kier alpha value is -1.43. The van der Waals surface area contributed by atoms with Gasteiger partial charge in [0.2, 0.25) is 5.75 Å². The van der Waals surface area contributed by atoms with Crippen LogP contribution in [0.1, 0.15) is 10.4 Å². The SMILES string of the molecule is COc1cc(CNCc2cc(Cl)cs2)cc(OC)c1OC. The molecule has 0 saturated heterocycles. The molecule has 0 fully saturated rings. The molecule has 0 saturated carbocycles. The maximum absolute atomic E-state index is 5.90. The minimum atomic E-state index is 0.605. The summed E-state index contributed by atoms with van der Waals surface area (Å²) in [4.78, 5) is 1.20. The van der Waals surface area contributed by atoms with Crippen molar-refractivity contribution in [1.82, 2.24) is 5.32 Å². The maximum Gasteiger partial charge on any atom is 0.203 e. The summed E-state index contributed by atoms with van der Waals surface area (Å²) >= 11 is 7.55.